The predicted molar refractivity (Wildman–Crippen MR) is 86.1 cm³/mol. The summed E-state index contributed by atoms with van der Waals surface area (Å²) in [6, 6.07) is 7.09. The van der Waals surface area contributed by atoms with Crippen molar-refractivity contribution in [3.05, 3.63) is 49.3 Å². The van der Waals surface area contributed by atoms with Crippen molar-refractivity contribution in [3.8, 4) is 0 Å². The molecule has 0 aliphatic heterocycles. The van der Waals surface area contributed by atoms with E-state index in [1.807, 2.05) is 11.4 Å². The minimum atomic E-state index is -0.199. The Morgan fingerprint density at radius 3 is 3.00 bits per heavy atom. The van der Waals surface area contributed by atoms with Crippen molar-refractivity contribution in [2.75, 3.05) is 11.1 Å². The molecule has 102 valence electrons. The second-order valence-electron chi connectivity index (χ2n) is 4.24. The topological polar surface area (TPSA) is 83.8 Å². The summed E-state index contributed by atoms with van der Waals surface area (Å²) in [6.45, 7) is 0.599. The van der Waals surface area contributed by atoms with E-state index in [1.165, 1.54) is 0 Å². The minimum absolute atomic E-state index is 0.199. The molecular formula is C13H11BrN4OS. The molecule has 1 aromatic carbocycles. The Bertz CT molecular complexity index is 827. The summed E-state index contributed by atoms with van der Waals surface area (Å²) in [7, 11) is 0. The number of H-pyrrole nitrogens is 1. The van der Waals surface area contributed by atoms with Gasteiger partial charge < -0.3 is 11.1 Å². The number of aromatic nitrogens is 2. The van der Waals surface area contributed by atoms with Gasteiger partial charge in [0.25, 0.3) is 5.56 Å². The summed E-state index contributed by atoms with van der Waals surface area (Å²) >= 11 is 5.10. The fourth-order valence-corrected chi connectivity index (χ4v) is 3.29. The molecule has 0 aliphatic rings. The molecule has 0 amide bonds. The number of rotatable bonds is 3. The number of hydrogen-bond donors (Lipinski definition) is 3. The molecule has 0 bridgehead atoms. The first-order chi connectivity index (χ1) is 9.63. The van der Waals surface area contributed by atoms with E-state index >= 15 is 0 Å². The fourth-order valence-electron chi connectivity index (χ4n) is 1.86. The summed E-state index contributed by atoms with van der Waals surface area (Å²) in [5.41, 5.74) is 6.64. The third kappa shape index (κ3) is 2.54. The number of halogens is 1. The van der Waals surface area contributed by atoms with E-state index in [0.717, 1.165) is 9.35 Å². The molecule has 4 N–H and O–H groups in total. The van der Waals surface area contributed by atoms with Crippen LogP contribution in [-0.4, -0.2) is 9.97 Å². The molecule has 20 heavy (non-hydrogen) atoms. The predicted octanol–water partition coefficient (Wildman–Crippen LogP) is 2.94. The summed E-state index contributed by atoms with van der Waals surface area (Å²) < 4.78 is 1.05. The SMILES string of the molecule is Nc1ccc2nc(NCc3sccc3Br)[nH]c(=O)c2c1. The Labute approximate surface area is 127 Å². The maximum atomic E-state index is 12.0. The molecular weight excluding hydrogens is 340 g/mol. The lowest BCUT2D eigenvalue weighted by Crippen LogP contribution is -2.13. The number of nitrogen functional groups attached to an aromatic ring is 1. The van der Waals surface area contributed by atoms with Gasteiger partial charge >= 0.3 is 0 Å². The maximum absolute atomic E-state index is 12.0. The highest BCUT2D eigenvalue weighted by Gasteiger charge is 2.06. The lowest BCUT2D eigenvalue weighted by molar-refractivity contribution is 1.07. The lowest BCUT2D eigenvalue weighted by atomic mass is 10.2. The van der Waals surface area contributed by atoms with E-state index in [9.17, 15) is 4.79 Å². The molecule has 3 rings (SSSR count). The van der Waals surface area contributed by atoms with Crippen LogP contribution in [0.2, 0.25) is 0 Å². The molecule has 0 fully saturated rings. The zero-order valence-electron chi connectivity index (χ0n) is 10.3. The van der Waals surface area contributed by atoms with Crippen LogP contribution in [-0.2, 0) is 6.54 Å². The summed E-state index contributed by atoms with van der Waals surface area (Å²) in [5.74, 6) is 0.451. The molecule has 0 unspecified atom stereocenters. The average molecular weight is 351 g/mol. The number of nitrogens with two attached hydrogens (primary N) is 1. The first kappa shape index (κ1) is 13.1. The van der Waals surface area contributed by atoms with Gasteiger partial charge in [-0.3, -0.25) is 9.78 Å². The zero-order chi connectivity index (χ0) is 14.1. The van der Waals surface area contributed by atoms with E-state index in [2.05, 4.69) is 31.2 Å². The lowest BCUT2D eigenvalue weighted by Gasteiger charge is -2.06. The summed E-state index contributed by atoms with van der Waals surface area (Å²) in [4.78, 5) is 20.2. The average Bonchev–Trinajstić information content (AvgIpc) is 2.83. The number of benzene rings is 1. The molecule has 7 heteroatoms. The third-order valence-electron chi connectivity index (χ3n) is 2.84. The summed E-state index contributed by atoms with van der Waals surface area (Å²) in [5, 5.41) is 5.61. The number of anilines is 2. The third-order valence-corrected chi connectivity index (χ3v) is 4.76. The molecule has 3 aromatic rings. The van der Waals surface area contributed by atoms with E-state index in [0.29, 0.717) is 29.1 Å². The number of thiophene rings is 1. The van der Waals surface area contributed by atoms with Gasteiger partial charge in [-0.15, -0.1) is 11.3 Å². The molecule has 0 aliphatic carbocycles. The van der Waals surface area contributed by atoms with Gasteiger partial charge in [0.05, 0.1) is 17.4 Å². The molecule has 2 aromatic heterocycles. The van der Waals surface area contributed by atoms with Gasteiger partial charge in [0.2, 0.25) is 5.95 Å². The number of aromatic amines is 1. The van der Waals surface area contributed by atoms with Crippen molar-refractivity contribution in [2.24, 2.45) is 0 Å². The first-order valence-electron chi connectivity index (χ1n) is 5.89. The van der Waals surface area contributed by atoms with Gasteiger partial charge in [-0.25, -0.2) is 4.98 Å². The van der Waals surface area contributed by atoms with Gasteiger partial charge in [-0.1, -0.05) is 0 Å². The van der Waals surface area contributed by atoms with Crippen LogP contribution in [0.3, 0.4) is 0 Å². The Morgan fingerprint density at radius 2 is 2.25 bits per heavy atom. The minimum Gasteiger partial charge on any atom is -0.399 e. The normalized spacial score (nSPS) is 10.8. The van der Waals surface area contributed by atoms with Gasteiger partial charge in [-0.2, -0.15) is 0 Å². The zero-order valence-corrected chi connectivity index (χ0v) is 12.7. The first-order valence-corrected chi connectivity index (χ1v) is 7.56. The van der Waals surface area contributed by atoms with Crippen LogP contribution in [0.5, 0.6) is 0 Å². The Morgan fingerprint density at radius 1 is 1.40 bits per heavy atom. The Hall–Kier alpha value is -1.86. The standard InChI is InChI=1S/C13H11BrN4OS/c14-9-3-4-20-11(9)6-16-13-17-10-2-1-7(15)5-8(10)12(19)18-13/h1-5H,6,15H2,(H2,16,17,18,19). The molecule has 0 radical (unpaired) electrons. The van der Waals surface area contributed by atoms with Crippen LogP contribution in [0.1, 0.15) is 4.88 Å². The highest BCUT2D eigenvalue weighted by atomic mass is 79.9. The molecule has 5 nitrogen and oxygen atoms in total. The van der Waals surface area contributed by atoms with Crippen LogP contribution >= 0.6 is 27.3 Å². The maximum Gasteiger partial charge on any atom is 0.260 e. The fraction of sp³-hybridized carbons (Fsp3) is 0.0769. The van der Waals surface area contributed by atoms with Gasteiger partial charge in [0, 0.05) is 15.0 Å². The largest absolute Gasteiger partial charge is 0.399 e. The second kappa shape index (κ2) is 5.26. The van der Waals surface area contributed by atoms with Crippen molar-refractivity contribution in [2.45, 2.75) is 6.54 Å². The van der Waals surface area contributed by atoms with E-state index in [1.54, 1.807) is 29.5 Å². The van der Waals surface area contributed by atoms with E-state index < -0.39 is 0 Å². The smallest absolute Gasteiger partial charge is 0.260 e. The number of nitrogens with one attached hydrogen (secondary N) is 2. The Kier molecular flexibility index (Phi) is 3.45. The van der Waals surface area contributed by atoms with Crippen molar-refractivity contribution >= 4 is 49.8 Å². The molecule has 0 spiro atoms. The molecule has 2 heterocycles. The second-order valence-corrected chi connectivity index (χ2v) is 6.09. The van der Waals surface area contributed by atoms with Crippen LogP contribution < -0.4 is 16.6 Å². The van der Waals surface area contributed by atoms with Crippen molar-refractivity contribution in [3.63, 3.8) is 0 Å². The van der Waals surface area contributed by atoms with E-state index in [-0.39, 0.29) is 5.56 Å². The quantitative estimate of drug-likeness (QED) is 0.634. The molecule has 0 saturated carbocycles. The monoisotopic (exact) mass is 350 g/mol. The number of nitrogens with zero attached hydrogens (tertiary/aromatic N) is 1. The van der Waals surface area contributed by atoms with E-state index in [4.69, 9.17) is 5.73 Å². The van der Waals surface area contributed by atoms with Gasteiger partial charge in [-0.05, 0) is 45.6 Å². The van der Waals surface area contributed by atoms with Crippen molar-refractivity contribution in [1.82, 2.24) is 9.97 Å². The van der Waals surface area contributed by atoms with Crippen molar-refractivity contribution in [1.29, 1.82) is 0 Å². The van der Waals surface area contributed by atoms with Crippen LogP contribution in [0.4, 0.5) is 11.6 Å². The highest BCUT2D eigenvalue weighted by molar-refractivity contribution is 9.10. The van der Waals surface area contributed by atoms with Crippen LogP contribution in [0, 0.1) is 0 Å². The van der Waals surface area contributed by atoms with Crippen LogP contribution in [0.15, 0.2) is 38.9 Å². The van der Waals surface area contributed by atoms with Gasteiger partial charge in [0.1, 0.15) is 0 Å². The number of fused-ring (bicyclic) bond motifs is 1. The highest BCUT2D eigenvalue weighted by Crippen LogP contribution is 2.23. The van der Waals surface area contributed by atoms with Crippen LogP contribution in [0.25, 0.3) is 10.9 Å². The van der Waals surface area contributed by atoms with Gasteiger partial charge in [0.15, 0.2) is 0 Å². The number of hydrogen-bond acceptors (Lipinski definition) is 5. The Balaban J connectivity index is 1.91. The molecule has 0 atom stereocenters. The van der Waals surface area contributed by atoms with Crippen molar-refractivity contribution < 1.29 is 0 Å². The summed E-state index contributed by atoms with van der Waals surface area (Å²) in [6.07, 6.45) is 0. The molecule has 0 saturated heterocycles.